The summed E-state index contributed by atoms with van der Waals surface area (Å²) >= 11 is 0. The summed E-state index contributed by atoms with van der Waals surface area (Å²) in [6, 6.07) is 1.89. The topological polar surface area (TPSA) is 83.8 Å². The van der Waals surface area contributed by atoms with Crippen LogP contribution in [-0.2, 0) is 11.2 Å². The van der Waals surface area contributed by atoms with Crippen LogP contribution in [0.5, 0.6) is 0 Å². The van der Waals surface area contributed by atoms with Crippen molar-refractivity contribution in [3.05, 3.63) is 18.0 Å². The van der Waals surface area contributed by atoms with Crippen LogP contribution >= 0.6 is 24.8 Å². The zero-order chi connectivity index (χ0) is 11.8. The van der Waals surface area contributed by atoms with Gasteiger partial charge in [0.15, 0.2) is 0 Å². The van der Waals surface area contributed by atoms with Crippen LogP contribution in [0.4, 0.5) is 0 Å². The maximum absolute atomic E-state index is 11.6. The first kappa shape index (κ1) is 19.6. The van der Waals surface area contributed by atoms with Gasteiger partial charge in [-0.05, 0) is 12.5 Å². The van der Waals surface area contributed by atoms with Crippen LogP contribution < -0.4 is 11.1 Å². The van der Waals surface area contributed by atoms with Crippen LogP contribution in [-0.4, -0.2) is 28.7 Å². The van der Waals surface area contributed by atoms with Crippen molar-refractivity contribution in [1.29, 1.82) is 0 Å². The molecule has 1 atom stereocenters. The van der Waals surface area contributed by atoms with Gasteiger partial charge in [0.05, 0.1) is 6.42 Å². The van der Waals surface area contributed by atoms with E-state index in [1.165, 1.54) is 0 Å². The molecule has 4 N–H and O–H groups in total. The number of unbranched alkanes of at least 4 members (excludes halogenated alkanes) is 1. The number of halogens is 2. The molecule has 0 saturated heterocycles. The Balaban J connectivity index is 0. The second kappa shape index (κ2) is 11.3. The van der Waals surface area contributed by atoms with Gasteiger partial charge in [-0.3, -0.25) is 9.89 Å². The van der Waals surface area contributed by atoms with E-state index in [0.29, 0.717) is 13.0 Å². The molecule has 0 saturated carbocycles. The molecule has 18 heavy (non-hydrogen) atoms. The number of nitrogens with two attached hydrogens (primary N) is 1. The van der Waals surface area contributed by atoms with Gasteiger partial charge in [-0.1, -0.05) is 19.8 Å². The zero-order valence-electron chi connectivity index (χ0n) is 10.5. The summed E-state index contributed by atoms with van der Waals surface area (Å²) in [5.41, 5.74) is 6.42. The molecule has 0 bridgehead atoms. The quantitative estimate of drug-likeness (QED) is 0.712. The SMILES string of the molecule is CCCCC(CN)NC(=O)Cc1ccn[nH]1.Cl.Cl. The van der Waals surface area contributed by atoms with Gasteiger partial charge >= 0.3 is 0 Å². The molecular formula is C11H22Cl2N4O. The Bertz CT molecular complexity index is 306. The Morgan fingerprint density at radius 1 is 1.56 bits per heavy atom. The van der Waals surface area contributed by atoms with E-state index in [2.05, 4.69) is 22.4 Å². The maximum Gasteiger partial charge on any atom is 0.226 e. The van der Waals surface area contributed by atoms with E-state index in [-0.39, 0.29) is 36.8 Å². The average Bonchev–Trinajstić information content (AvgIpc) is 2.76. The fraction of sp³-hybridized carbons (Fsp3) is 0.636. The summed E-state index contributed by atoms with van der Waals surface area (Å²) in [6.07, 6.45) is 5.13. The molecule has 0 aliphatic heterocycles. The summed E-state index contributed by atoms with van der Waals surface area (Å²) < 4.78 is 0. The van der Waals surface area contributed by atoms with Crippen molar-refractivity contribution in [2.75, 3.05) is 6.54 Å². The molecule has 5 nitrogen and oxygen atoms in total. The lowest BCUT2D eigenvalue weighted by atomic mass is 10.1. The first-order chi connectivity index (χ1) is 7.76. The lowest BCUT2D eigenvalue weighted by Crippen LogP contribution is -2.40. The zero-order valence-corrected chi connectivity index (χ0v) is 12.1. The first-order valence-electron chi connectivity index (χ1n) is 5.74. The number of aromatic nitrogens is 2. The van der Waals surface area contributed by atoms with Gasteiger partial charge in [-0.15, -0.1) is 24.8 Å². The third-order valence-electron chi connectivity index (χ3n) is 2.47. The van der Waals surface area contributed by atoms with Gasteiger partial charge in [-0.2, -0.15) is 5.10 Å². The third kappa shape index (κ3) is 7.53. The summed E-state index contributed by atoms with van der Waals surface area (Å²) in [5, 5.41) is 9.48. The smallest absolute Gasteiger partial charge is 0.226 e. The van der Waals surface area contributed by atoms with Gasteiger partial charge in [0.1, 0.15) is 0 Å². The van der Waals surface area contributed by atoms with Gasteiger partial charge in [0.25, 0.3) is 0 Å². The Hall–Kier alpha value is -0.780. The van der Waals surface area contributed by atoms with Crippen LogP contribution in [0.15, 0.2) is 12.3 Å². The second-order valence-electron chi connectivity index (χ2n) is 3.90. The minimum atomic E-state index is -0.00389. The highest BCUT2D eigenvalue weighted by Crippen LogP contribution is 2.00. The van der Waals surface area contributed by atoms with Crippen LogP contribution in [0.25, 0.3) is 0 Å². The lowest BCUT2D eigenvalue weighted by molar-refractivity contribution is -0.121. The predicted octanol–water partition coefficient (Wildman–Crippen LogP) is 1.43. The second-order valence-corrected chi connectivity index (χ2v) is 3.90. The number of hydrogen-bond acceptors (Lipinski definition) is 3. The van der Waals surface area contributed by atoms with Crippen LogP contribution in [0, 0.1) is 0 Å². The Morgan fingerprint density at radius 3 is 2.78 bits per heavy atom. The predicted molar refractivity (Wildman–Crippen MR) is 77.3 cm³/mol. The van der Waals surface area contributed by atoms with Gasteiger partial charge < -0.3 is 11.1 Å². The van der Waals surface area contributed by atoms with Crippen LogP contribution in [0.2, 0.25) is 0 Å². The number of aromatic amines is 1. The number of carbonyl (C=O) groups is 1. The monoisotopic (exact) mass is 296 g/mol. The third-order valence-corrected chi connectivity index (χ3v) is 2.47. The molecule has 7 heteroatoms. The standard InChI is InChI=1S/C11H20N4O.2ClH/c1-2-3-4-10(8-12)14-11(16)7-9-5-6-13-15-9;;/h5-6,10H,2-4,7-8,12H2,1H3,(H,13,15)(H,14,16);2*1H. The molecule has 1 unspecified atom stereocenters. The van der Waals surface area contributed by atoms with E-state index in [4.69, 9.17) is 5.73 Å². The van der Waals surface area contributed by atoms with E-state index in [1.807, 2.05) is 0 Å². The fourth-order valence-corrected chi connectivity index (χ4v) is 1.53. The number of carbonyl (C=O) groups excluding carboxylic acids is 1. The summed E-state index contributed by atoms with van der Waals surface area (Å²) in [6.45, 7) is 2.62. The molecule has 0 aromatic carbocycles. The Morgan fingerprint density at radius 2 is 2.28 bits per heavy atom. The molecule has 1 heterocycles. The molecule has 0 radical (unpaired) electrons. The maximum atomic E-state index is 11.6. The molecule has 1 aromatic rings. The van der Waals surface area contributed by atoms with Crippen molar-refractivity contribution in [2.45, 2.75) is 38.6 Å². The highest BCUT2D eigenvalue weighted by Gasteiger charge is 2.10. The minimum Gasteiger partial charge on any atom is -0.352 e. The van der Waals surface area contributed by atoms with Crippen molar-refractivity contribution in [3.8, 4) is 0 Å². The normalized spacial score (nSPS) is 11.0. The van der Waals surface area contributed by atoms with Crippen molar-refractivity contribution in [1.82, 2.24) is 15.5 Å². The molecule has 106 valence electrons. The van der Waals surface area contributed by atoms with Crippen molar-refractivity contribution < 1.29 is 4.79 Å². The van der Waals surface area contributed by atoms with Gasteiger partial charge in [0, 0.05) is 24.5 Å². The lowest BCUT2D eigenvalue weighted by Gasteiger charge is -2.15. The largest absolute Gasteiger partial charge is 0.352 e. The molecule has 0 aliphatic carbocycles. The summed E-state index contributed by atoms with van der Waals surface area (Å²) in [7, 11) is 0. The van der Waals surface area contributed by atoms with Crippen LogP contribution in [0.3, 0.4) is 0 Å². The highest BCUT2D eigenvalue weighted by atomic mass is 35.5. The van der Waals surface area contributed by atoms with E-state index < -0.39 is 0 Å². The van der Waals surface area contributed by atoms with E-state index in [1.54, 1.807) is 12.3 Å². The van der Waals surface area contributed by atoms with E-state index in [9.17, 15) is 4.79 Å². The van der Waals surface area contributed by atoms with Crippen molar-refractivity contribution in [2.24, 2.45) is 5.73 Å². The van der Waals surface area contributed by atoms with Crippen LogP contribution in [0.1, 0.15) is 31.9 Å². The number of hydrogen-bond donors (Lipinski definition) is 3. The number of nitrogens with one attached hydrogen (secondary N) is 2. The molecule has 0 spiro atoms. The van der Waals surface area contributed by atoms with E-state index >= 15 is 0 Å². The van der Waals surface area contributed by atoms with Crippen molar-refractivity contribution >= 4 is 30.7 Å². The molecular weight excluding hydrogens is 275 g/mol. The van der Waals surface area contributed by atoms with Gasteiger partial charge in [-0.25, -0.2) is 0 Å². The first-order valence-corrected chi connectivity index (χ1v) is 5.74. The summed E-state index contributed by atoms with van der Waals surface area (Å²) in [4.78, 5) is 11.6. The Kier molecular flexibility index (Phi) is 12.3. The Labute approximate surface area is 120 Å². The van der Waals surface area contributed by atoms with Gasteiger partial charge in [0.2, 0.25) is 5.91 Å². The molecule has 0 aliphatic rings. The number of amides is 1. The van der Waals surface area contributed by atoms with E-state index in [0.717, 1.165) is 25.0 Å². The molecule has 1 aromatic heterocycles. The van der Waals surface area contributed by atoms with Crippen molar-refractivity contribution in [3.63, 3.8) is 0 Å². The fourth-order valence-electron chi connectivity index (χ4n) is 1.53. The highest BCUT2D eigenvalue weighted by molar-refractivity contribution is 5.85. The summed E-state index contributed by atoms with van der Waals surface area (Å²) in [5.74, 6) is -0.00389. The number of nitrogens with zero attached hydrogens (tertiary/aromatic N) is 1. The minimum absolute atomic E-state index is 0. The average molecular weight is 297 g/mol. The number of rotatable bonds is 7. The number of H-pyrrole nitrogens is 1. The molecule has 1 rings (SSSR count). The molecule has 0 fully saturated rings. The molecule has 1 amide bonds.